The van der Waals surface area contributed by atoms with Crippen LogP contribution in [0.3, 0.4) is 0 Å². The average molecular weight is 273 g/mol. The van der Waals surface area contributed by atoms with Crippen LogP contribution in [0.25, 0.3) is 0 Å². The second-order valence-corrected chi connectivity index (χ2v) is 3.73. The molecule has 2 aromatic carbocycles. The predicted octanol–water partition coefficient (Wildman–Crippen LogP) is 3.95. The van der Waals surface area contributed by atoms with E-state index < -0.39 is 6.09 Å². The highest BCUT2D eigenvalue weighted by molar-refractivity contribution is 5.84. The van der Waals surface area contributed by atoms with Gasteiger partial charge in [-0.1, -0.05) is 42.5 Å². The number of hydrogen-bond donors (Lipinski definition) is 1. The van der Waals surface area contributed by atoms with Crippen LogP contribution in [-0.2, 0) is 4.74 Å². The molecule has 0 fully saturated rings. The number of ether oxygens (including phenoxy) is 2. The third-order valence-electron chi connectivity index (χ3n) is 2.26. The van der Waals surface area contributed by atoms with Gasteiger partial charge in [0.25, 0.3) is 0 Å². The molecule has 20 heavy (non-hydrogen) atoms. The van der Waals surface area contributed by atoms with Crippen molar-refractivity contribution < 1.29 is 14.3 Å². The molecule has 0 aliphatic heterocycles. The zero-order valence-corrected chi connectivity index (χ0v) is 11.7. The number of amides is 1. The lowest BCUT2D eigenvalue weighted by Crippen LogP contribution is -2.13. The van der Waals surface area contributed by atoms with E-state index in [-0.39, 0.29) is 0 Å². The molecular weight excluding hydrogens is 254 g/mol. The van der Waals surface area contributed by atoms with Gasteiger partial charge >= 0.3 is 6.09 Å². The van der Waals surface area contributed by atoms with E-state index in [2.05, 4.69) is 5.32 Å². The topological polar surface area (TPSA) is 47.6 Å². The van der Waals surface area contributed by atoms with E-state index >= 15 is 0 Å². The normalized spacial score (nSPS) is 8.90. The molecule has 0 saturated carbocycles. The smallest absolute Gasteiger partial charge is 0.411 e. The number of anilines is 1. The molecule has 0 heterocycles. The number of methoxy groups -OCH3 is 1. The van der Waals surface area contributed by atoms with E-state index in [4.69, 9.17) is 9.47 Å². The lowest BCUT2D eigenvalue weighted by Gasteiger charge is -2.06. The van der Waals surface area contributed by atoms with Crippen molar-refractivity contribution in [2.45, 2.75) is 6.92 Å². The highest BCUT2D eigenvalue weighted by Gasteiger charge is 2.01. The molecule has 0 atom stereocenters. The van der Waals surface area contributed by atoms with Crippen molar-refractivity contribution in [3.8, 4) is 5.75 Å². The molecule has 106 valence electrons. The third-order valence-corrected chi connectivity index (χ3v) is 2.26. The van der Waals surface area contributed by atoms with Crippen molar-refractivity contribution in [3.05, 3.63) is 60.7 Å². The van der Waals surface area contributed by atoms with Crippen molar-refractivity contribution in [1.82, 2.24) is 0 Å². The fraction of sp³-hybridized carbons (Fsp3) is 0.188. The maximum atomic E-state index is 11.0. The van der Waals surface area contributed by atoms with Gasteiger partial charge in [0.2, 0.25) is 0 Å². The molecular formula is C16H19NO3. The van der Waals surface area contributed by atoms with Gasteiger partial charge in [0.15, 0.2) is 0 Å². The number of carbonyl (C=O) groups is 1. The summed E-state index contributed by atoms with van der Waals surface area (Å²) in [5.74, 6) is 0.694. The zero-order chi connectivity index (χ0) is 14.6. The standard InChI is InChI=1S/C10H13NO3.C6H6/c1-3-14-10(12)11-8-5-4-6-9(7-8)13-2;1-2-4-6-5-3-1/h4-7H,3H2,1-2H3,(H,11,12);1-6H. The van der Waals surface area contributed by atoms with Crippen molar-refractivity contribution in [2.75, 3.05) is 19.0 Å². The van der Waals surface area contributed by atoms with E-state index in [0.717, 1.165) is 0 Å². The Hall–Kier alpha value is -2.49. The lowest BCUT2D eigenvalue weighted by molar-refractivity contribution is 0.168. The van der Waals surface area contributed by atoms with Crippen molar-refractivity contribution in [3.63, 3.8) is 0 Å². The maximum absolute atomic E-state index is 11.0. The average Bonchev–Trinajstić information content (AvgIpc) is 2.50. The minimum absolute atomic E-state index is 0.357. The summed E-state index contributed by atoms with van der Waals surface area (Å²) >= 11 is 0. The molecule has 2 aromatic rings. The summed E-state index contributed by atoms with van der Waals surface area (Å²) < 4.78 is 9.73. The SMILES string of the molecule is CCOC(=O)Nc1cccc(OC)c1.c1ccccc1. The van der Waals surface area contributed by atoms with Crippen LogP contribution in [0.2, 0.25) is 0 Å². The minimum Gasteiger partial charge on any atom is -0.497 e. The maximum Gasteiger partial charge on any atom is 0.411 e. The lowest BCUT2D eigenvalue weighted by atomic mass is 10.3. The molecule has 4 nitrogen and oxygen atoms in total. The number of carbonyl (C=O) groups excluding carboxylic acids is 1. The van der Waals surface area contributed by atoms with E-state index in [1.54, 1.807) is 38.3 Å². The van der Waals surface area contributed by atoms with Crippen LogP contribution in [-0.4, -0.2) is 19.8 Å². The van der Waals surface area contributed by atoms with Gasteiger partial charge < -0.3 is 9.47 Å². The second kappa shape index (κ2) is 9.44. The largest absolute Gasteiger partial charge is 0.497 e. The number of hydrogen-bond acceptors (Lipinski definition) is 3. The summed E-state index contributed by atoms with van der Waals surface area (Å²) in [6.07, 6.45) is -0.458. The third kappa shape index (κ3) is 6.44. The summed E-state index contributed by atoms with van der Waals surface area (Å²) in [7, 11) is 1.57. The molecule has 2 rings (SSSR count). The number of benzene rings is 2. The molecule has 1 N–H and O–H groups in total. The second-order valence-electron chi connectivity index (χ2n) is 3.73. The molecule has 0 bridgehead atoms. The summed E-state index contributed by atoms with van der Waals surface area (Å²) in [5, 5.41) is 2.58. The number of rotatable bonds is 3. The first-order valence-corrected chi connectivity index (χ1v) is 6.34. The van der Waals surface area contributed by atoms with Crippen molar-refractivity contribution >= 4 is 11.8 Å². The van der Waals surface area contributed by atoms with E-state index in [1.807, 2.05) is 36.4 Å². The number of nitrogens with one attached hydrogen (secondary N) is 1. The van der Waals surface area contributed by atoms with Crippen LogP contribution < -0.4 is 10.1 Å². The van der Waals surface area contributed by atoms with Crippen LogP contribution in [0.4, 0.5) is 10.5 Å². The van der Waals surface area contributed by atoms with Crippen molar-refractivity contribution in [2.24, 2.45) is 0 Å². The fourth-order valence-electron chi connectivity index (χ4n) is 1.37. The van der Waals surface area contributed by atoms with E-state index in [1.165, 1.54) is 0 Å². The van der Waals surface area contributed by atoms with Crippen LogP contribution >= 0.6 is 0 Å². The highest BCUT2D eigenvalue weighted by atomic mass is 16.5. The van der Waals surface area contributed by atoms with Crippen LogP contribution in [0.1, 0.15) is 6.92 Å². The fourth-order valence-corrected chi connectivity index (χ4v) is 1.37. The Labute approximate surface area is 119 Å². The van der Waals surface area contributed by atoms with Gasteiger partial charge in [-0.05, 0) is 19.1 Å². The molecule has 0 radical (unpaired) electrons. The Morgan fingerprint density at radius 1 is 1.05 bits per heavy atom. The first-order valence-electron chi connectivity index (χ1n) is 6.34. The van der Waals surface area contributed by atoms with Gasteiger partial charge in [-0.15, -0.1) is 0 Å². The van der Waals surface area contributed by atoms with Gasteiger partial charge in [0.1, 0.15) is 5.75 Å². The first kappa shape index (κ1) is 15.6. The molecule has 0 aromatic heterocycles. The van der Waals surface area contributed by atoms with Gasteiger partial charge in [-0.2, -0.15) is 0 Å². The summed E-state index contributed by atoms with van der Waals surface area (Å²) in [6, 6.07) is 19.1. The Kier molecular flexibility index (Phi) is 7.35. The Bertz CT molecular complexity index is 473. The Morgan fingerprint density at radius 3 is 2.15 bits per heavy atom. The van der Waals surface area contributed by atoms with E-state index in [9.17, 15) is 4.79 Å². The first-order chi connectivity index (χ1) is 9.76. The van der Waals surface area contributed by atoms with Gasteiger partial charge in [-0.3, -0.25) is 5.32 Å². The summed E-state index contributed by atoms with van der Waals surface area (Å²) in [6.45, 7) is 2.11. The quantitative estimate of drug-likeness (QED) is 0.921. The monoisotopic (exact) mass is 273 g/mol. The summed E-state index contributed by atoms with van der Waals surface area (Å²) in [4.78, 5) is 11.0. The Balaban J connectivity index is 0.000000276. The minimum atomic E-state index is -0.458. The Morgan fingerprint density at radius 2 is 1.65 bits per heavy atom. The molecule has 0 aliphatic carbocycles. The van der Waals surface area contributed by atoms with E-state index in [0.29, 0.717) is 18.0 Å². The predicted molar refractivity (Wildman–Crippen MR) is 80.1 cm³/mol. The molecule has 0 unspecified atom stereocenters. The molecule has 0 spiro atoms. The van der Waals surface area contributed by atoms with Crippen molar-refractivity contribution in [1.29, 1.82) is 0 Å². The zero-order valence-electron chi connectivity index (χ0n) is 11.7. The molecule has 1 amide bonds. The van der Waals surface area contributed by atoms with Gasteiger partial charge in [-0.25, -0.2) is 4.79 Å². The van der Waals surface area contributed by atoms with Crippen LogP contribution in [0, 0.1) is 0 Å². The summed E-state index contributed by atoms with van der Waals surface area (Å²) in [5.41, 5.74) is 0.655. The molecule has 4 heteroatoms. The molecule has 0 saturated heterocycles. The van der Waals surface area contributed by atoms with Gasteiger partial charge in [0.05, 0.1) is 13.7 Å². The highest BCUT2D eigenvalue weighted by Crippen LogP contribution is 2.16. The van der Waals surface area contributed by atoms with Gasteiger partial charge in [0, 0.05) is 11.8 Å². The van der Waals surface area contributed by atoms with Crippen LogP contribution in [0.5, 0.6) is 5.75 Å². The van der Waals surface area contributed by atoms with Crippen LogP contribution in [0.15, 0.2) is 60.7 Å². The molecule has 0 aliphatic rings.